The first-order valence-electron chi connectivity index (χ1n) is 11.8. The van der Waals surface area contributed by atoms with Gasteiger partial charge in [-0.1, -0.05) is 43.5 Å². The molecule has 0 aromatic heterocycles. The number of carbonyl (C=O) groups is 2. The molecule has 194 valence electrons. The van der Waals surface area contributed by atoms with E-state index in [9.17, 15) is 18.4 Å². The molecular weight excluding hydrogens is 490 g/mol. The van der Waals surface area contributed by atoms with Gasteiger partial charge in [0.2, 0.25) is 0 Å². The molecule has 1 fully saturated rings. The number of fused-ring (bicyclic) bond motifs is 1. The Balaban J connectivity index is 2.03. The van der Waals surface area contributed by atoms with Gasteiger partial charge in [-0.3, -0.25) is 9.79 Å². The highest BCUT2D eigenvalue weighted by Crippen LogP contribution is 2.67. The van der Waals surface area contributed by atoms with Crippen molar-refractivity contribution in [3.8, 4) is 0 Å². The smallest absolute Gasteiger partial charge is 0.418 e. The van der Waals surface area contributed by atoms with Crippen molar-refractivity contribution in [1.29, 1.82) is 0 Å². The van der Waals surface area contributed by atoms with Crippen LogP contribution in [0.5, 0.6) is 0 Å². The SMILES string of the molecule is CC(=O)[C@]12CC1[C@@](C)(c1cccc(F)c1F)N=C(N(COCC[Si](C)(C)C)C(=O)OC(C)(C)C)S2. The van der Waals surface area contributed by atoms with Gasteiger partial charge in [0.05, 0.1) is 10.3 Å². The van der Waals surface area contributed by atoms with Crippen LogP contribution in [-0.2, 0) is 19.8 Å². The minimum Gasteiger partial charge on any atom is -0.443 e. The third-order valence-corrected chi connectivity index (χ3v) is 9.65. The quantitative estimate of drug-likeness (QED) is 0.241. The maximum atomic E-state index is 15.0. The Bertz CT molecular complexity index is 1040. The average Bonchev–Trinajstić information content (AvgIpc) is 3.45. The summed E-state index contributed by atoms with van der Waals surface area (Å²) in [5.41, 5.74) is -1.95. The first-order valence-corrected chi connectivity index (χ1v) is 16.4. The Morgan fingerprint density at radius 2 is 1.91 bits per heavy atom. The second-order valence-electron chi connectivity index (χ2n) is 11.7. The molecule has 35 heavy (non-hydrogen) atoms. The lowest BCUT2D eigenvalue weighted by atomic mass is 9.85. The van der Waals surface area contributed by atoms with E-state index in [0.717, 1.165) is 12.1 Å². The highest BCUT2D eigenvalue weighted by molar-refractivity contribution is 8.16. The fourth-order valence-corrected chi connectivity index (χ4v) is 6.55. The number of hydrogen-bond donors (Lipinski definition) is 0. The summed E-state index contributed by atoms with van der Waals surface area (Å²) in [5.74, 6) is -2.39. The van der Waals surface area contributed by atoms with Crippen molar-refractivity contribution in [2.45, 2.75) is 82.6 Å². The monoisotopic (exact) mass is 526 g/mol. The van der Waals surface area contributed by atoms with E-state index < -0.39 is 41.7 Å². The number of carbonyl (C=O) groups excluding carboxylic acids is 2. The van der Waals surface area contributed by atoms with E-state index in [4.69, 9.17) is 14.5 Å². The molecule has 6 nitrogen and oxygen atoms in total. The Hall–Kier alpha value is -1.78. The third-order valence-electron chi connectivity index (χ3n) is 6.34. The summed E-state index contributed by atoms with van der Waals surface area (Å²) in [6, 6.07) is 4.87. The van der Waals surface area contributed by atoms with E-state index in [0.29, 0.717) is 13.0 Å². The molecule has 1 heterocycles. The third kappa shape index (κ3) is 5.97. The van der Waals surface area contributed by atoms with Crippen molar-refractivity contribution in [1.82, 2.24) is 4.90 Å². The molecular formula is C25H36F2N2O4SSi. The predicted octanol–water partition coefficient (Wildman–Crippen LogP) is 6.18. The van der Waals surface area contributed by atoms with E-state index in [1.165, 1.54) is 35.7 Å². The summed E-state index contributed by atoms with van der Waals surface area (Å²) in [6.07, 6.45) is -0.220. The number of rotatable bonds is 7. The van der Waals surface area contributed by atoms with Crippen molar-refractivity contribution < 1.29 is 27.8 Å². The van der Waals surface area contributed by atoms with Gasteiger partial charge >= 0.3 is 6.09 Å². The van der Waals surface area contributed by atoms with E-state index in [1.807, 2.05) is 0 Å². The van der Waals surface area contributed by atoms with Gasteiger partial charge in [-0.05, 0) is 53.1 Å². The molecule has 1 amide bonds. The Labute approximate surface area is 211 Å². The van der Waals surface area contributed by atoms with E-state index >= 15 is 0 Å². The zero-order chi connectivity index (χ0) is 26.4. The second-order valence-corrected chi connectivity index (χ2v) is 18.6. The molecule has 1 aliphatic heterocycles. The number of hydrogen-bond acceptors (Lipinski definition) is 6. The topological polar surface area (TPSA) is 68.2 Å². The number of aliphatic imine (C=N–C) groups is 1. The average molecular weight is 527 g/mol. The maximum Gasteiger partial charge on any atom is 0.418 e. The Morgan fingerprint density at radius 1 is 1.26 bits per heavy atom. The molecule has 1 aromatic carbocycles. The highest BCUT2D eigenvalue weighted by atomic mass is 32.2. The number of amidine groups is 1. The lowest BCUT2D eigenvalue weighted by Gasteiger charge is -2.37. The highest BCUT2D eigenvalue weighted by Gasteiger charge is 2.70. The van der Waals surface area contributed by atoms with Gasteiger partial charge < -0.3 is 9.47 Å². The maximum absolute atomic E-state index is 15.0. The van der Waals surface area contributed by atoms with Crippen molar-refractivity contribution in [2.75, 3.05) is 13.3 Å². The van der Waals surface area contributed by atoms with Crippen molar-refractivity contribution in [3.05, 3.63) is 35.4 Å². The summed E-state index contributed by atoms with van der Waals surface area (Å²) in [4.78, 5) is 32.1. The summed E-state index contributed by atoms with van der Waals surface area (Å²) in [5, 5.41) is 0.211. The molecule has 1 aromatic rings. The summed E-state index contributed by atoms with van der Waals surface area (Å²) in [6.45, 7) is 15.5. The Morgan fingerprint density at radius 3 is 2.49 bits per heavy atom. The lowest BCUT2D eigenvalue weighted by molar-refractivity contribution is -0.117. The van der Waals surface area contributed by atoms with E-state index in [2.05, 4.69) is 19.6 Å². The summed E-state index contributed by atoms with van der Waals surface area (Å²) < 4.78 is 39.7. The van der Waals surface area contributed by atoms with Crippen molar-refractivity contribution in [3.63, 3.8) is 0 Å². The molecule has 3 atom stereocenters. The number of benzene rings is 1. The summed E-state index contributed by atoms with van der Waals surface area (Å²) in [7, 11) is -1.36. The van der Waals surface area contributed by atoms with Crippen LogP contribution in [-0.4, -0.2) is 53.7 Å². The number of thioether (sulfide) groups is 1. The molecule has 10 heteroatoms. The molecule has 3 rings (SSSR count). The van der Waals surface area contributed by atoms with Crippen molar-refractivity contribution in [2.24, 2.45) is 10.9 Å². The van der Waals surface area contributed by atoms with Crippen LogP contribution in [0.25, 0.3) is 0 Å². The standard InChI is InChI=1S/C25H36F2N2O4SSi/c1-16(30)25-14-19(25)24(5,17-10-9-11-18(26)20(17)27)28-21(34-25)29(22(31)33-23(2,3)4)15-32-12-13-35(6,7)8/h9-11,19H,12-15H2,1-8H3/t19?,24-,25-/m1/s1. The van der Waals surface area contributed by atoms with Crippen LogP contribution >= 0.6 is 11.8 Å². The summed E-state index contributed by atoms with van der Waals surface area (Å²) >= 11 is 1.19. The first-order chi connectivity index (χ1) is 16.0. The first kappa shape index (κ1) is 27.8. The number of halogens is 2. The van der Waals surface area contributed by atoms with Gasteiger partial charge in [0.1, 0.15) is 18.1 Å². The van der Waals surface area contributed by atoms with Crippen LogP contribution in [0.1, 0.15) is 46.6 Å². The molecule has 1 aliphatic carbocycles. The van der Waals surface area contributed by atoms with Crippen molar-refractivity contribution >= 4 is 36.9 Å². The van der Waals surface area contributed by atoms with Gasteiger partial charge in [-0.25, -0.2) is 18.5 Å². The van der Waals surface area contributed by atoms with Gasteiger partial charge in [0, 0.05) is 26.2 Å². The molecule has 1 unspecified atom stereocenters. The fourth-order valence-electron chi connectivity index (χ4n) is 4.23. The normalized spacial score (nSPS) is 26.0. The van der Waals surface area contributed by atoms with E-state index in [1.54, 1.807) is 27.7 Å². The Kier molecular flexibility index (Phi) is 7.62. The molecule has 0 saturated heterocycles. The van der Waals surface area contributed by atoms with Gasteiger partial charge in [-0.2, -0.15) is 0 Å². The predicted molar refractivity (Wildman–Crippen MR) is 137 cm³/mol. The molecule has 0 spiro atoms. The molecule has 2 aliphatic rings. The van der Waals surface area contributed by atoms with Crippen LogP contribution in [0, 0.1) is 17.6 Å². The second kappa shape index (κ2) is 9.59. The molecule has 0 radical (unpaired) electrons. The number of amides is 1. The minimum atomic E-state index is -1.36. The van der Waals surface area contributed by atoms with Crippen LogP contribution in [0.15, 0.2) is 23.2 Å². The van der Waals surface area contributed by atoms with Crippen LogP contribution < -0.4 is 0 Å². The largest absolute Gasteiger partial charge is 0.443 e. The molecule has 1 saturated carbocycles. The zero-order valence-electron chi connectivity index (χ0n) is 21.8. The number of ether oxygens (including phenoxy) is 2. The molecule has 0 N–H and O–H groups in total. The zero-order valence-corrected chi connectivity index (χ0v) is 23.6. The van der Waals surface area contributed by atoms with Gasteiger partial charge in [0.15, 0.2) is 16.8 Å². The minimum absolute atomic E-state index is 0.0622. The van der Waals surface area contributed by atoms with Crippen LogP contribution in [0.3, 0.4) is 0 Å². The van der Waals surface area contributed by atoms with Gasteiger partial charge in [0.25, 0.3) is 0 Å². The molecule has 0 bridgehead atoms. The number of Topliss-reactive ketones (excluding diaryl/α,β-unsaturated/α-hetero) is 1. The number of ketones is 1. The van der Waals surface area contributed by atoms with Crippen LogP contribution in [0.4, 0.5) is 13.6 Å². The van der Waals surface area contributed by atoms with Crippen LogP contribution in [0.2, 0.25) is 25.7 Å². The lowest BCUT2D eigenvalue weighted by Crippen LogP contribution is -2.46. The number of nitrogens with zero attached hydrogens (tertiary/aromatic N) is 2. The van der Waals surface area contributed by atoms with E-state index in [-0.39, 0.29) is 29.2 Å². The van der Waals surface area contributed by atoms with Gasteiger partial charge in [-0.15, -0.1) is 0 Å². The fraction of sp³-hybridized carbons (Fsp3) is 0.640.